The highest BCUT2D eigenvalue weighted by molar-refractivity contribution is 9.10. The van der Waals surface area contributed by atoms with Crippen LogP contribution < -0.4 is 20.2 Å². The Hall–Kier alpha value is -2.06. The average Bonchev–Trinajstić information content (AvgIpc) is 2.61. The molecule has 0 aromatic heterocycles. The lowest BCUT2D eigenvalue weighted by Gasteiger charge is -2.11. The number of hydrogen-bond acceptors (Lipinski definition) is 5. The molecular formula is C18H19Br2N3O3. The van der Waals surface area contributed by atoms with Crippen molar-refractivity contribution >= 4 is 49.7 Å². The Labute approximate surface area is 169 Å². The van der Waals surface area contributed by atoms with E-state index in [0.717, 1.165) is 20.2 Å². The molecule has 0 saturated carbocycles. The lowest BCUT2D eigenvalue weighted by molar-refractivity contribution is -0.119. The fourth-order valence-corrected chi connectivity index (χ4v) is 2.98. The fraction of sp³-hybridized carbons (Fsp3) is 0.222. The lowest BCUT2D eigenvalue weighted by Crippen LogP contribution is -2.25. The molecule has 0 aliphatic heterocycles. The highest BCUT2D eigenvalue weighted by Crippen LogP contribution is 2.36. The Bertz CT molecular complexity index is 780. The van der Waals surface area contributed by atoms with Crippen molar-refractivity contribution in [3.63, 3.8) is 0 Å². The Morgan fingerprint density at radius 2 is 1.96 bits per heavy atom. The van der Waals surface area contributed by atoms with E-state index >= 15 is 0 Å². The van der Waals surface area contributed by atoms with Gasteiger partial charge in [0.05, 0.1) is 30.9 Å². The van der Waals surface area contributed by atoms with Crippen LogP contribution in [0, 0.1) is 0 Å². The highest BCUT2D eigenvalue weighted by atomic mass is 79.9. The number of rotatable bonds is 8. The Morgan fingerprint density at radius 1 is 1.23 bits per heavy atom. The summed E-state index contributed by atoms with van der Waals surface area (Å²) in [5.41, 5.74) is 4.10. The van der Waals surface area contributed by atoms with Crippen LogP contribution in [-0.2, 0) is 4.79 Å². The molecule has 0 atom stereocenters. The molecule has 1 amide bonds. The second-order valence-electron chi connectivity index (χ2n) is 5.12. The van der Waals surface area contributed by atoms with Crippen LogP contribution in [-0.4, -0.2) is 32.4 Å². The molecule has 138 valence electrons. The van der Waals surface area contributed by atoms with E-state index < -0.39 is 0 Å². The first kappa shape index (κ1) is 20.3. The van der Waals surface area contributed by atoms with Gasteiger partial charge in [-0.05, 0) is 64.8 Å². The van der Waals surface area contributed by atoms with Crippen molar-refractivity contribution in [1.29, 1.82) is 0 Å². The summed E-state index contributed by atoms with van der Waals surface area (Å²) >= 11 is 6.80. The van der Waals surface area contributed by atoms with E-state index in [1.54, 1.807) is 19.4 Å². The molecule has 0 saturated heterocycles. The third kappa shape index (κ3) is 6.03. The molecule has 2 aromatic carbocycles. The van der Waals surface area contributed by atoms with E-state index in [4.69, 9.17) is 9.47 Å². The number of ether oxygens (including phenoxy) is 2. The summed E-state index contributed by atoms with van der Waals surface area (Å²) in [6, 6.07) is 11.2. The standard InChI is InChI=1S/C18H19Br2N3O3/c1-3-26-16-9-12(8-15(20)18(16)25-2)10-22-23-17(24)11-21-14-6-4-13(19)5-7-14/h4-10,21H,3,11H2,1-2H3,(H,23,24)/b22-10-. The average molecular weight is 485 g/mol. The Balaban J connectivity index is 1.92. The van der Waals surface area contributed by atoms with Gasteiger partial charge in [0, 0.05) is 10.2 Å². The van der Waals surface area contributed by atoms with Crippen LogP contribution in [0.5, 0.6) is 11.5 Å². The number of amides is 1. The number of hydrazone groups is 1. The van der Waals surface area contributed by atoms with Gasteiger partial charge in [-0.15, -0.1) is 0 Å². The van der Waals surface area contributed by atoms with Gasteiger partial charge in [-0.25, -0.2) is 5.43 Å². The maximum Gasteiger partial charge on any atom is 0.259 e. The number of methoxy groups -OCH3 is 1. The summed E-state index contributed by atoms with van der Waals surface area (Å²) in [7, 11) is 1.58. The largest absolute Gasteiger partial charge is 0.492 e. The smallest absolute Gasteiger partial charge is 0.259 e. The monoisotopic (exact) mass is 483 g/mol. The number of carbonyl (C=O) groups is 1. The number of benzene rings is 2. The number of nitrogens with one attached hydrogen (secondary N) is 2. The molecule has 8 heteroatoms. The number of hydrogen-bond donors (Lipinski definition) is 2. The summed E-state index contributed by atoms with van der Waals surface area (Å²) in [6.07, 6.45) is 1.55. The molecule has 26 heavy (non-hydrogen) atoms. The molecule has 0 fully saturated rings. The van der Waals surface area contributed by atoms with Crippen LogP contribution in [0.3, 0.4) is 0 Å². The molecular weight excluding hydrogens is 466 g/mol. The van der Waals surface area contributed by atoms with Crippen molar-refractivity contribution in [3.05, 3.63) is 50.9 Å². The van der Waals surface area contributed by atoms with E-state index in [-0.39, 0.29) is 12.5 Å². The first-order chi connectivity index (χ1) is 12.5. The van der Waals surface area contributed by atoms with Crippen molar-refractivity contribution in [1.82, 2.24) is 5.43 Å². The van der Waals surface area contributed by atoms with Gasteiger partial charge in [0.25, 0.3) is 5.91 Å². The number of anilines is 1. The Kier molecular flexibility index (Phi) is 7.93. The summed E-state index contributed by atoms with van der Waals surface area (Å²) < 4.78 is 12.6. The zero-order valence-electron chi connectivity index (χ0n) is 14.4. The van der Waals surface area contributed by atoms with Crippen LogP contribution in [0.4, 0.5) is 5.69 Å². The normalized spacial score (nSPS) is 10.6. The second-order valence-corrected chi connectivity index (χ2v) is 6.89. The van der Waals surface area contributed by atoms with Crippen molar-refractivity contribution in [2.45, 2.75) is 6.92 Å². The van der Waals surface area contributed by atoms with Crippen molar-refractivity contribution in [3.8, 4) is 11.5 Å². The molecule has 0 unspecified atom stereocenters. The number of nitrogens with zero attached hydrogens (tertiary/aromatic N) is 1. The van der Waals surface area contributed by atoms with Crippen LogP contribution in [0.15, 0.2) is 50.4 Å². The third-order valence-corrected chi connectivity index (χ3v) is 4.35. The summed E-state index contributed by atoms with van der Waals surface area (Å²) in [5, 5.41) is 7.00. The van der Waals surface area contributed by atoms with Crippen molar-refractivity contribution < 1.29 is 14.3 Å². The van der Waals surface area contributed by atoms with Crippen molar-refractivity contribution in [2.24, 2.45) is 5.10 Å². The molecule has 2 N–H and O–H groups in total. The van der Waals surface area contributed by atoms with Crippen molar-refractivity contribution in [2.75, 3.05) is 25.6 Å². The molecule has 0 aliphatic carbocycles. The van der Waals surface area contributed by atoms with Gasteiger partial charge in [-0.3, -0.25) is 4.79 Å². The number of carbonyl (C=O) groups excluding carboxylic acids is 1. The lowest BCUT2D eigenvalue weighted by atomic mass is 10.2. The molecule has 0 heterocycles. The van der Waals surface area contributed by atoms with E-state index in [1.165, 1.54) is 0 Å². The fourth-order valence-electron chi connectivity index (χ4n) is 2.09. The maximum absolute atomic E-state index is 11.9. The summed E-state index contributed by atoms with van der Waals surface area (Å²) in [4.78, 5) is 11.9. The minimum atomic E-state index is -0.248. The molecule has 0 aliphatic rings. The molecule has 2 aromatic rings. The first-order valence-corrected chi connectivity index (χ1v) is 9.43. The quantitative estimate of drug-likeness (QED) is 0.435. The molecule has 0 bridgehead atoms. The van der Waals surface area contributed by atoms with Gasteiger partial charge >= 0.3 is 0 Å². The first-order valence-electron chi connectivity index (χ1n) is 7.85. The van der Waals surface area contributed by atoms with E-state index in [1.807, 2.05) is 37.3 Å². The minimum absolute atomic E-state index is 0.121. The molecule has 2 rings (SSSR count). The van der Waals surface area contributed by atoms with E-state index in [0.29, 0.717) is 18.1 Å². The summed E-state index contributed by atoms with van der Waals surface area (Å²) in [5.74, 6) is 0.975. The molecule has 0 radical (unpaired) electrons. The van der Waals surface area contributed by atoms with Crippen LogP contribution >= 0.6 is 31.9 Å². The Morgan fingerprint density at radius 3 is 2.62 bits per heavy atom. The predicted octanol–water partition coefficient (Wildman–Crippen LogP) is 4.18. The van der Waals surface area contributed by atoms with Crippen LogP contribution in [0.25, 0.3) is 0 Å². The SMILES string of the molecule is CCOc1cc(/C=N\NC(=O)CNc2ccc(Br)cc2)cc(Br)c1OC. The second kappa shape index (κ2) is 10.2. The zero-order valence-corrected chi connectivity index (χ0v) is 17.6. The van der Waals surface area contributed by atoms with E-state index in [9.17, 15) is 4.79 Å². The zero-order chi connectivity index (χ0) is 18.9. The third-order valence-electron chi connectivity index (χ3n) is 3.24. The van der Waals surface area contributed by atoms with E-state index in [2.05, 4.69) is 47.7 Å². The van der Waals surface area contributed by atoms with Gasteiger partial charge in [-0.2, -0.15) is 5.10 Å². The van der Waals surface area contributed by atoms with Gasteiger partial charge in [0.1, 0.15) is 0 Å². The number of halogens is 2. The topological polar surface area (TPSA) is 72.0 Å². The van der Waals surface area contributed by atoms with Gasteiger partial charge in [-0.1, -0.05) is 15.9 Å². The summed E-state index contributed by atoms with van der Waals surface area (Å²) in [6.45, 7) is 2.53. The molecule has 0 spiro atoms. The highest BCUT2D eigenvalue weighted by Gasteiger charge is 2.10. The minimum Gasteiger partial charge on any atom is -0.492 e. The van der Waals surface area contributed by atoms with Crippen LogP contribution in [0.1, 0.15) is 12.5 Å². The van der Waals surface area contributed by atoms with Gasteiger partial charge in [0.2, 0.25) is 0 Å². The van der Waals surface area contributed by atoms with Crippen LogP contribution in [0.2, 0.25) is 0 Å². The predicted molar refractivity (Wildman–Crippen MR) is 110 cm³/mol. The van der Waals surface area contributed by atoms with Gasteiger partial charge < -0.3 is 14.8 Å². The van der Waals surface area contributed by atoms with Gasteiger partial charge in [0.15, 0.2) is 11.5 Å². The molecule has 6 nitrogen and oxygen atoms in total. The maximum atomic E-state index is 11.9.